The minimum Gasteiger partial charge on any atom is -0.399 e. The Morgan fingerprint density at radius 2 is 0.576 bits per heavy atom. The molecule has 554 valence electrons. The van der Waals surface area contributed by atoms with Crippen molar-refractivity contribution in [3.05, 3.63) is 391 Å². The average molecular weight is 1570 g/mol. The molecular weight excluding hydrogens is 1500 g/mol. The van der Waals surface area contributed by atoms with Crippen molar-refractivity contribution in [2.45, 2.75) is 38.9 Å². The van der Waals surface area contributed by atoms with Crippen LogP contribution in [0.4, 0.5) is 11.4 Å². The largest absolute Gasteiger partial charge is 0.495 e. The van der Waals surface area contributed by atoms with E-state index in [1.54, 1.807) is 0 Å². The summed E-state index contributed by atoms with van der Waals surface area (Å²) in [5, 5.41) is 30.4. The number of fused-ring (bicyclic) bond motifs is 20. The Balaban J connectivity index is 0.000000117. The molecule has 0 atom stereocenters. The minimum absolute atomic E-state index is 0.423. The molecular formula is C110H72BBrN4O2. The smallest absolute Gasteiger partial charge is 0.399 e. The monoisotopic (exact) mass is 1570 g/mol. The topological polar surface area (TPSA) is 53.0 Å². The van der Waals surface area contributed by atoms with Gasteiger partial charge in [0.2, 0.25) is 0 Å². The lowest BCUT2D eigenvalue weighted by Gasteiger charge is -2.32. The van der Waals surface area contributed by atoms with Gasteiger partial charge in [-0.05, 0) is 208 Å². The van der Waals surface area contributed by atoms with E-state index in [4.69, 9.17) is 32.4 Å². The van der Waals surface area contributed by atoms with E-state index in [1.165, 1.54) is 125 Å². The molecule has 0 bridgehead atoms. The van der Waals surface area contributed by atoms with Crippen LogP contribution < -0.4 is 5.46 Å². The zero-order chi connectivity index (χ0) is 79.5. The molecule has 0 amide bonds. The second-order valence-electron chi connectivity index (χ2n) is 31.6. The van der Waals surface area contributed by atoms with Crippen molar-refractivity contribution in [2.75, 3.05) is 0 Å². The lowest BCUT2D eigenvalue weighted by Crippen LogP contribution is -2.41. The number of pyridine rings is 2. The predicted octanol–water partition coefficient (Wildman–Crippen LogP) is 30.5. The van der Waals surface area contributed by atoms with Crippen molar-refractivity contribution in [3.8, 4) is 55.9 Å². The average Bonchev–Trinajstić information content (AvgIpc) is 0.797. The number of aromatic nitrogens is 2. The zero-order valence-corrected chi connectivity index (χ0v) is 66.8. The van der Waals surface area contributed by atoms with Gasteiger partial charge < -0.3 is 9.31 Å². The molecule has 0 N–H and O–H groups in total. The first kappa shape index (κ1) is 71.6. The lowest BCUT2D eigenvalue weighted by molar-refractivity contribution is 0.00578. The number of hydrogen-bond donors (Lipinski definition) is 0. The fraction of sp³-hybridized carbons (Fsp3) is 0.0545. The first-order valence-corrected chi connectivity index (χ1v) is 40.8. The second-order valence-corrected chi connectivity index (χ2v) is 32.4. The molecule has 20 aromatic carbocycles. The molecule has 0 spiro atoms. The van der Waals surface area contributed by atoms with Crippen LogP contribution in [-0.2, 0) is 9.31 Å². The van der Waals surface area contributed by atoms with E-state index >= 15 is 0 Å². The van der Waals surface area contributed by atoms with E-state index in [2.05, 4.69) is 375 Å². The summed E-state index contributed by atoms with van der Waals surface area (Å²) in [6, 6.07) is 129. The molecule has 0 unspecified atom stereocenters. The van der Waals surface area contributed by atoms with Gasteiger partial charge in [-0.1, -0.05) is 346 Å². The summed E-state index contributed by atoms with van der Waals surface area (Å²) in [4.78, 5) is 18.3. The summed E-state index contributed by atoms with van der Waals surface area (Å²) < 4.78 is 14.3. The SMILES string of the molecule is CC1(C)OB(c2cc3c(-c4ccccc4)nc4ccc5ccccc5c4c3c3ccccc23)OC1(C)C.[C-]#[N+]c1ccc(-c2c3ccccc3c(-c3cc4c(-c5ccccc5)nc5ccc6ccccc6c5c4c4ccccc34)c3ccccc23)c2ccccc12.[C-]#[N+]c1ccc(-c2c3ccccc3c(Br)c3ccccc23)c2ccccc12. The Labute approximate surface area is 691 Å². The standard InChI is InChI=1S/C52H30N2.C33H28BNO2.C25H14BrN/c1-53-46-30-28-43(35-19-7-9-21-37(35)46)48-39-23-11-13-25-41(39)49(42-26-14-12-24-40(42)48)44-31-45-50(38-22-10-8-20-36(38)44)51-34-18-6-5-15-32(34)27-29-47(51)54-52(45)33-16-3-2-4-17-33;1-32(2)33(3,4)37-34(36-32)27-20-26-29(25-17-11-10-16-24(25)27)30-23-15-9-8-12-21(23)18-19-28(30)35-31(26)22-13-6-5-7-14-22;1-27-23-15-14-20(16-8-2-3-9-17(16)23)24-18-10-4-6-12-21(18)25(26)22-13-7-5-11-19(22)24/h2-31H;5-20H,1-4H3;2-15H. The van der Waals surface area contributed by atoms with Gasteiger partial charge in [-0.2, -0.15) is 0 Å². The van der Waals surface area contributed by atoms with Crippen LogP contribution in [0.3, 0.4) is 0 Å². The van der Waals surface area contributed by atoms with Gasteiger partial charge in [0.05, 0.1) is 46.8 Å². The van der Waals surface area contributed by atoms with Crippen LogP contribution in [0, 0.1) is 13.1 Å². The van der Waals surface area contributed by atoms with E-state index < -0.39 is 18.3 Å². The van der Waals surface area contributed by atoms with Gasteiger partial charge in [0.15, 0.2) is 11.4 Å². The van der Waals surface area contributed by atoms with Crippen molar-refractivity contribution >= 4 is 191 Å². The first-order valence-electron chi connectivity index (χ1n) is 40.0. The van der Waals surface area contributed by atoms with Crippen molar-refractivity contribution in [2.24, 2.45) is 0 Å². The maximum absolute atomic E-state index is 7.88. The zero-order valence-electron chi connectivity index (χ0n) is 65.2. The van der Waals surface area contributed by atoms with Gasteiger partial charge in [0.1, 0.15) is 0 Å². The number of nitrogens with zero attached hydrogens (tertiary/aromatic N) is 4. The molecule has 22 aromatic rings. The summed E-state index contributed by atoms with van der Waals surface area (Å²) in [6.45, 7) is 23.8. The van der Waals surface area contributed by atoms with E-state index in [0.717, 1.165) is 92.3 Å². The molecule has 6 nitrogen and oxygen atoms in total. The number of benzene rings is 20. The summed E-state index contributed by atoms with van der Waals surface area (Å²) >= 11 is 3.82. The molecule has 23 rings (SSSR count). The Morgan fingerprint density at radius 3 is 0.983 bits per heavy atom. The second kappa shape index (κ2) is 28.7. The minimum atomic E-state index is -0.467. The van der Waals surface area contributed by atoms with E-state index in [1.807, 2.05) is 42.5 Å². The maximum Gasteiger partial charge on any atom is 0.495 e. The number of hydrogen-bond acceptors (Lipinski definition) is 4. The third-order valence-electron chi connectivity index (χ3n) is 24.7. The number of rotatable bonds is 6. The van der Waals surface area contributed by atoms with Crippen LogP contribution in [0.15, 0.2) is 368 Å². The van der Waals surface area contributed by atoms with Gasteiger partial charge in [0.25, 0.3) is 0 Å². The van der Waals surface area contributed by atoms with E-state index in [9.17, 15) is 0 Å². The van der Waals surface area contributed by atoms with Crippen LogP contribution in [0.5, 0.6) is 0 Å². The third-order valence-corrected chi connectivity index (χ3v) is 25.5. The molecule has 1 aliphatic rings. The van der Waals surface area contributed by atoms with Gasteiger partial charge in [-0.25, -0.2) is 19.7 Å². The summed E-state index contributed by atoms with van der Waals surface area (Å²) in [5.41, 5.74) is 14.8. The molecule has 3 heterocycles. The maximum atomic E-state index is 7.88. The Bertz CT molecular complexity index is 7940. The molecule has 118 heavy (non-hydrogen) atoms. The molecule has 2 aromatic heterocycles. The van der Waals surface area contributed by atoms with Gasteiger partial charge in [-0.15, -0.1) is 0 Å². The molecule has 0 aliphatic carbocycles. The van der Waals surface area contributed by atoms with Crippen LogP contribution in [-0.4, -0.2) is 28.3 Å². The molecule has 0 radical (unpaired) electrons. The molecule has 1 fully saturated rings. The van der Waals surface area contributed by atoms with Crippen molar-refractivity contribution < 1.29 is 9.31 Å². The normalized spacial score (nSPS) is 13.2. The molecule has 1 aliphatic heterocycles. The van der Waals surface area contributed by atoms with Crippen LogP contribution in [0.25, 0.3) is 217 Å². The van der Waals surface area contributed by atoms with Crippen LogP contribution >= 0.6 is 15.9 Å². The summed E-state index contributed by atoms with van der Waals surface area (Å²) in [7, 11) is -0.467. The van der Waals surface area contributed by atoms with Gasteiger partial charge in [-0.3, -0.25) is 0 Å². The van der Waals surface area contributed by atoms with Gasteiger partial charge >= 0.3 is 7.12 Å². The van der Waals surface area contributed by atoms with Gasteiger partial charge in [0, 0.05) is 47.9 Å². The fourth-order valence-electron chi connectivity index (χ4n) is 18.6. The third kappa shape index (κ3) is 11.6. The van der Waals surface area contributed by atoms with E-state index in [-0.39, 0.29) is 0 Å². The fourth-order valence-corrected chi connectivity index (χ4v) is 19.3. The van der Waals surface area contributed by atoms with Crippen LogP contribution in [0.1, 0.15) is 27.7 Å². The predicted molar refractivity (Wildman–Crippen MR) is 503 cm³/mol. The van der Waals surface area contributed by atoms with Crippen LogP contribution in [0.2, 0.25) is 0 Å². The highest BCUT2D eigenvalue weighted by Crippen LogP contribution is 2.52. The quantitative estimate of drug-likeness (QED) is 0.0720. The Morgan fingerprint density at radius 1 is 0.271 bits per heavy atom. The van der Waals surface area contributed by atoms with Crippen molar-refractivity contribution in [3.63, 3.8) is 0 Å². The summed E-state index contributed by atoms with van der Waals surface area (Å²) in [5.74, 6) is 0. The molecule has 0 saturated carbocycles. The summed E-state index contributed by atoms with van der Waals surface area (Å²) in [6.07, 6.45) is 0. The Hall–Kier alpha value is -14.2. The Kier molecular flexibility index (Phi) is 17.4. The molecule has 1 saturated heterocycles. The molecule has 8 heteroatoms. The highest BCUT2D eigenvalue weighted by atomic mass is 79.9. The lowest BCUT2D eigenvalue weighted by atomic mass is 9.74. The van der Waals surface area contributed by atoms with E-state index in [0.29, 0.717) is 11.4 Å². The van der Waals surface area contributed by atoms with Crippen molar-refractivity contribution in [1.29, 1.82) is 0 Å². The highest BCUT2D eigenvalue weighted by molar-refractivity contribution is 9.10. The first-order chi connectivity index (χ1) is 57.9. The highest BCUT2D eigenvalue weighted by Gasteiger charge is 2.52. The number of halogens is 1. The van der Waals surface area contributed by atoms with Crippen molar-refractivity contribution in [1.82, 2.24) is 9.97 Å².